The first-order valence-corrected chi connectivity index (χ1v) is 7.84. The number of guanidine groups is 1. The Kier molecular flexibility index (Phi) is 8.50. The summed E-state index contributed by atoms with van der Waals surface area (Å²) >= 11 is 0. The molecule has 0 radical (unpaired) electrons. The highest BCUT2D eigenvalue weighted by molar-refractivity contribution is 5.87. The lowest BCUT2D eigenvalue weighted by Crippen LogP contribution is -2.49. The number of amides is 1. The molecule has 0 spiro atoms. The molecule has 1 aromatic carbocycles. The second kappa shape index (κ2) is 10.6. The lowest BCUT2D eigenvalue weighted by Gasteiger charge is -2.18. The van der Waals surface area contributed by atoms with E-state index in [4.69, 9.17) is 11.5 Å². The van der Waals surface area contributed by atoms with Gasteiger partial charge in [0.2, 0.25) is 5.91 Å². The number of hydrazone groups is 1. The minimum absolute atomic E-state index is 0.0951. The first-order valence-electron chi connectivity index (χ1n) is 7.84. The van der Waals surface area contributed by atoms with Crippen LogP contribution in [0.25, 0.3) is 0 Å². The molecule has 0 aromatic heterocycles. The van der Waals surface area contributed by atoms with Crippen molar-refractivity contribution < 1.29 is 19.7 Å². The van der Waals surface area contributed by atoms with E-state index in [1.807, 2.05) is 30.3 Å². The second-order valence-electron chi connectivity index (χ2n) is 5.49. The number of rotatable bonds is 10. The predicted molar refractivity (Wildman–Crippen MR) is 93.5 cm³/mol. The summed E-state index contributed by atoms with van der Waals surface area (Å²) in [6.07, 6.45) is 0.672. The molecular weight excluding hydrogens is 344 g/mol. The lowest BCUT2D eigenvalue weighted by molar-refractivity contribution is -0.485. The van der Waals surface area contributed by atoms with Gasteiger partial charge in [-0.25, -0.2) is 14.9 Å². The summed E-state index contributed by atoms with van der Waals surface area (Å²) in [5.74, 6) is -2.14. The van der Waals surface area contributed by atoms with Crippen LogP contribution in [-0.2, 0) is 16.0 Å². The molecule has 0 aliphatic carbocycles. The highest BCUT2D eigenvalue weighted by Crippen LogP contribution is 2.03. The van der Waals surface area contributed by atoms with Gasteiger partial charge in [-0.05, 0) is 24.8 Å². The Morgan fingerprint density at radius 3 is 2.54 bits per heavy atom. The van der Waals surface area contributed by atoms with E-state index in [-0.39, 0.29) is 25.3 Å². The van der Waals surface area contributed by atoms with Crippen molar-refractivity contribution in [3.63, 3.8) is 0 Å². The minimum Gasteiger partial charge on any atom is -0.480 e. The number of carbonyl (C=O) groups is 2. The van der Waals surface area contributed by atoms with E-state index in [0.29, 0.717) is 6.42 Å². The number of carbonyl (C=O) groups excluding carboxylic acids is 1. The number of aliphatic carboxylic acids is 1. The molecule has 0 unspecified atom stereocenters. The average Bonchev–Trinajstić information content (AvgIpc) is 2.57. The van der Waals surface area contributed by atoms with Crippen LogP contribution < -0.4 is 22.1 Å². The van der Waals surface area contributed by atoms with Gasteiger partial charge in [0.1, 0.15) is 11.1 Å². The largest absolute Gasteiger partial charge is 0.480 e. The predicted octanol–water partition coefficient (Wildman–Crippen LogP) is -0.998. The topological polar surface area (TPSA) is 186 Å². The number of nitrogens with one attached hydrogen (secondary N) is 2. The van der Waals surface area contributed by atoms with Gasteiger partial charge in [0.25, 0.3) is 5.96 Å². The number of nitrogens with zero attached hydrogens (tertiary/aromatic N) is 2. The maximum atomic E-state index is 12.1. The molecule has 1 rings (SSSR count). The van der Waals surface area contributed by atoms with Crippen LogP contribution in [0.1, 0.15) is 18.4 Å². The molecule has 0 saturated heterocycles. The van der Waals surface area contributed by atoms with Crippen molar-refractivity contribution in [1.82, 2.24) is 10.6 Å². The fourth-order valence-corrected chi connectivity index (χ4v) is 2.14. The van der Waals surface area contributed by atoms with Crippen LogP contribution in [0.4, 0.5) is 0 Å². The Bertz CT molecular complexity index is 651. The maximum Gasteiger partial charge on any atom is 0.326 e. The zero-order chi connectivity index (χ0) is 19.5. The molecule has 0 aliphatic heterocycles. The SMILES string of the molecule is NC(=N[N+](=O)[O-])NCCC[C@H](NC(=O)[C@H](N)Cc1ccccc1)C(=O)O. The zero-order valence-corrected chi connectivity index (χ0v) is 14.0. The molecule has 2 atom stereocenters. The first kappa shape index (κ1) is 20.8. The molecule has 142 valence electrons. The van der Waals surface area contributed by atoms with E-state index in [1.165, 1.54) is 0 Å². The minimum atomic E-state index is -1.20. The van der Waals surface area contributed by atoms with Crippen molar-refractivity contribution in [2.75, 3.05) is 6.54 Å². The van der Waals surface area contributed by atoms with Crippen molar-refractivity contribution in [2.24, 2.45) is 16.6 Å². The van der Waals surface area contributed by atoms with Gasteiger partial charge in [0, 0.05) is 6.54 Å². The van der Waals surface area contributed by atoms with Crippen molar-refractivity contribution in [1.29, 1.82) is 0 Å². The maximum absolute atomic E-state index is 12.1. The molecule has 1 aromatic rings. The third-order valence-corrected chi connectivity index (χ3v) is 3.41. The van der Waals surface area contributed by atoms with E-state index in [0.717, 1.165) is 5.56 Å². The number of benzene rings is 1. The number of carboxylic acids is 1. The third-order valence-electron chi connectivity index (χ3n) is 3.41. The Hall–Kier alpha value is -3.21. The van der Waals surface area contributed by atoms with Gasteiger partial charge in [-0.1, -0.05) is 30.3 Å². The fourth-order valence-electron chi connectivity index (χ4n) is 2.14. The first-order chi connectivity index (χ1) is 12.3. The molecule has 26 heavy (non-hydrogen) atoms. The van der Waals surface area contributed by atoms with E-state index >= 15 is 0 Å². The van der Waals surface area contributed by atoms with Crippen LogP contribution in [0, 0.1) is 10.1 Å². The summed E-state index contributed by atoms with van der Waals surface area (Å²) < 4.78 is 0. The van der Waals surface area contributed by atoms with Crippen LogP contribution >= 0.6 is 0 Å². The monoisotopic (exact) mass is 366 g/mol. The second-order valence-corrected chi connectivity index (χ2v) is 5.49. The smallest absolute Gasteiger partial charge is 0.326 e. The molecule has 0 bridgehead atoms. The van der Waals surface area contributed by atoms with Gasteiger partial charge in [-0.2, -0.15) is 0 Å². The number of hydrogen-bond acceptors (Lipinski definition) is 5. The zero-order valence-electron chi connectivity index (χ0n) is 14.0. The van der Waals surface area contributed by atoms with Crippen molar-refractivity contribution in [2.45, 2.75) is 31.3 Å². The van der Waals surface area contributed by atoms with Gasteiger partial charge >= 0.3 is 5.97 Å². The molecule has 0 aliphatic rings. The van der Waals surface area contributed by atoms with Crippen molar-refractivity contribution in [3.8, 4) is 0 Å². The van der Waals surface area contributed by atoms with Crippen molar-refractivity contribution >= 4 is 17.8 Å². The summed E-state index contributed by atoms with van der Waals surface area (Å²) in [6, 6.07) is 7.13. The summed E-state index contributed by atoms with van der Waals surface area (Å²) in [5, 5.41) is 26.1. The van der Waals surface area contributed by atoms with E-state index in [1.54, 1.807) is 0 Å². The standard InChI is InChI=1S/C15H22N6O5/c16-11(9-10-5-2-1-3-6-10)13(22)19-12(14(23)24)7-4-8-18-15(17)20-21(25)26/h1-3,5-6,11-12H,4,7-9,16H2,(H,19,22)(H,23,24)(H3,17,18,20)/t11-,12+/m1/s1. The van der Waals surface area contributed by atoms with E-state index in [9.17, 15) is 24.8 Å². The molecule has 7 N–H and O–H groups in total. The summed E-state index contributed by atoms with van der Waals surface area (Å²) in [5.41, 5.74) is 11.9. The van der Waals surface area contributed by atoms with Crippen LogP contribution in [0.5, 0.6) is 0 Å². The van der Waals surface area contributed by atoms with Gasteiger partial charge in [-0.3, -0.25) is 4.79 Å². The van der Waals surface area contributed by atoms with Gasteiger partial charge in [-0.15, -0.1) is 0 Å². The van der Waals surface area contributed by atoms with E-state index < -0.39 is 29.0 Å². The van der Waals surface area contributed by atoms with Crippen LogP contribution in [0.15, 0.2) is 35.4 Å². The summed E-state index contributed by atoms with van der Waals surface area (Å²) in [6.45, 7) is 0.166. The molecular formula is C15H22N6O5. The Balaban J connectivity index is 2.45. The number of hydrogen-bond donors (Lipinski definition) is 5. The van der Waals surface area contributed by atoms with Gasteiger partial charge < -0.3 is 27.2 Å². The number of nitrogens with two attached hydrogens (primary N) is 2. The normalized spacial score (nSPS) is 13.5. The van der Waals surface area contributed by atoms with Gasteiger partial charge in [0.15, 0.2) is 5.03 Å². The van der Waals surface area contributed by atoms with Crippen LogP contribution in [0.2, 0.25) is 0 Å². The fraction of sp³-hybridized carbons (Fsp3) is 0.400. The lowest BCUT2D eigenvalue weighted by atomic mass is 10.1. The Morgan fingerprint density at radius 1 is 1.31 bits per heavy atom. The average molecular weight is 366 g/mol. The molecule has 0 heterocycles. The van der Waals surface area contributed by atoms with Gasteiger partial charge in [0.05, 0.1) is 6.04 Å². The highest BCUT2D eigenvalue weighted by Gasteiger charge is 2.23. The third kappa shape index (κ3) is 8.06. The number of nitro groups is 1. The van der Waals surface area contributed by atoms with Crippen LogP contribution in [0.3, 0.4) is 0 Å². The molecule has 1 amide bonds. The Morgan fingerprint density at radius 2 is 1.96 bits per heavy atom. The number of carboxylic acid groups (broad SMARTS) is 1. The Labute approximate surface area is 149 Å². The molecule has 0 fully saturated rings. The molecule has 11 nitrogen and oxygen atoms in total. The summed E-state index contributed by atoms with van der Waals surface area (Å²) in [4.78, 5) is 33.5. The molecule has 11 heteroatoms. The van der Waals surface area contributed by atoms with Crippen LogP contribution in [-0.4, -0.2) is 46.6 Å². The highest BCUT2D eigenvalue weighted by atomic mass is 16.7. The molecule has 0 saturated carbocycles. The quantitative estimate of drug-likeness (QED) is 0.115. The summed E-state index contributed by atoms with van der Waals surface area (Å²) in [7, 11) is 0. The van der Waals surface area contributed by atoms with Crippen molar-refractivity contribution in [3.05, 3.63) is 46.0 Å². The van der Waals surface area contributed by atoms with E-state index in [2.05, 4.69) is 15.7 Å².